The first kappa shape index (κ1) is 22.9. The summed E-state index contributed by atoms with van der Waals surface area (Å²) in [6, 6.07) is 24.9. The first-order valence-electron chi connectivity index (χ1n) is 12.2. The molecule has 2 aliphatic rings. The molecule has 3 aromatic rings. The number of hydrogen-bond donors (Lipinski definition) is 1. The van der Waals surface area contributed by atoms with Crippen molar-refractivity contribution >= 4 is 23.1 Å². The van der Waals surface area contributed by atoms with Gasteiger partial charge in [-0.05, 0) is 90.7 Å². The number of halogens is 1. The highest BCUT2D eigenvalue weighted by atomic mass is 35.5. The van der Waals surface area contributed by atoms with Gasteiger partial charge in [-0.25, -0.2) is 0 Å². The summed E-state index contributed by atoms with van der Waals surface area (Å²) in [5.41, 5.74) is 6.89. The molecule has 3 nitrogen and oxygen atoms in total. The Kier molecular flexibility index (Phi) is 6.58. The Bertz CT molecular complexity index is 1160. The van der Waals surface area contributed by atoms with Crippen molar-refractivity contribution < 1.29 is 9.90 Å². The summed E-state index contributed by atoms with van der Waals surface area (Å²) in [7, 11) is 0. The largest absolute Gasteiger partial charge is 0.481 e. The zero-order valence-corrected chi connectivity index (χ0v) is 20.1. The number of rotatable bonds is 5. The maximum atomic E-state index is 12.3. The third-order valence-electron chi connectivity index (χ3n) is 7.59. The van der Waals surface area contributed by atoms with Gasteiger partial charge in [0.25, 0.3) is 0 Å². The number of carboxylic acid groups (broad SMARTS) is 1. The maximum absolute atomic E-state index is 12.3. The van der Waals surface area contributed by atoms with Gasteiger partial charge in [-0.15, -0.1) is 0 Å². The van der Waals surface area contributed by atoms with Gasteiger partial charge in [-0.3, -0.25) is 4.79 Å². The summed E-state index contributed by atoms with van der Waals surface area (Å²) >= 11 is 6.03. The highest BCUT2D eigenvalue weighted by molar-refractivity contribution is 6.30. The van der Waals surface area contributed by atoms with Crippen LogP contribution >= 0.6 is 11.6 Å². The van der Waals surface area contributed by atoms with Crippen LogP contribution in [0.1, 0.15) is 47.1 Å². The molecule has 1 saturated heterocycles. The number of hydrogen-bond acceptors (Lipinski definition) is 2. The Hall–Kier alpha value is -2.88. The van der Waals surface area contributed by atoms with Crippen molar-refractivity contribution in [3.8, 4) is 0 Å². The van der Waals surface area contributed by atoms with Crippen molar-refractivity contribution in [1.82, 2.24) is 4.90 Å². The molecule has 1 aliphatic heterocycles. The molecule has 0 saturated carbocycles. The van der Waals surface area contributed by atoms with Gasteiger partial charge in [0.1, 0.15) is 0 Å². The number of fused-ring (bicyclic) bond motifs is 2. The predicted molar refractivity (Wildman–Crippen MR) is 138 cm³/mol. The Morgan fingerprint density at radius 2 is 1.44 bits per heavy atom. The first-order valence-corrected chi connectivity index (χ1v) is 12.5. The molecule has 0 aromatic heterocycles. The normalized spacial score (nSPS) is 17.4. The molecule has 1 heterocycles. The molecule has 1 aliphatic carbocycles. The lowest BCUT2D eigenvalue weighted by atomic mass is 9.73. The molecule has 0 spiro atoms. The molecule has 0 bridgehead atoms. The van der Waals surface area contributed by atoms with Crippen LogP contribution in [-0.4, -0.2) is 35.6 Å². The van der Waals surface area contributed by atoms with Crippen molar-refractivity contribution in [3.05, 3.63) is 112 Å². The molecule has 0 unspecified atom stereocenters. The van der Waals surface area contributed by atoms with Gasteiger partial charge in [0.2, 0.25) is 0 Å². The lowest BCUT2D eigenvalue weighted by molar-refractivity contribution is -0.146. The number of nitrogens with zero attached hydrogens (tertiary/aromatic N) is 1. The van der Waals surface area contributed by atoms with E-state index in [9.17, 15) is 9.90 Å². The number of aliphatic carboxylic acids is 1. The molecule has 1 N–H and O–H groups in total. The zero-order chi connectivity index (χ0) is 23.5. The summed E-state index contributed by atoms with van der Waals surface area (Å²) in [5, 5.41) is 10.7. The van der Waals surface area contributed by atoms with E-state index in [4.69, 9.17) is 11.6 Å². The van der Waals surface area contributed by atoms with Gasteiger partial charge in [0.05, 0.1) is 5.41 Å². The SMILES string of the molecule is O=C(O)C1(c2ccc(Cl)cc2)CCN(CCC=C2c3ccccc3CCc3ccccc32)CC1. The van der Waals surface area contributed by atoms with Gasteiger partial charge < -0.3 is 10.0 Å². The van der Waals surface area contributed by atoms with Crippen LogP contribution in [0.15, 0.2) is 78.9 Å². The van der Waals surface area contributed by atoms with Crippen LogP contribution in [0.4, 0.5) is 0 Å². The molecule has 34 heavy (non-hydrogen) atoms. The van der Waals surface area contributed by atoms with Gasteiger partial charge in [-0.1, -0.05) is 78.3 Å². The zero-order valence-electron chi connectivity index (χ0n) is 19.3. The van der Waals surface area contributed by atoms with Gasteiger partial charge in [-0.2, -0.15) is 0 Å². The second-order valence-corrected chi connectivity index (χ2v) is 9.89. The number of likely N-dealkylation sites (tertiary alicyclic amines) is 1. The third-order valence-corrected chi connectivity index (χ3v) is 7.84. The van der Waals surface area contributed by atoms with E-state index in [0.717, 1.165) is 44.5 Å². The predicted octanol–water partition coefficient (Wildman–Crippen LogP) is 6.38. The van der Waals surface area contributed by atoms with E-state index < -0.39 is 11.4 Å². The monoisotopic (exact) mass is 471 g/mol. The Morgan fingerprint density at radius 3 is 2.00 bits per heavy atom. The number of carbonyl (C=O) groups is 1. The van der Waals surface area contributed by atoms with E-state index >= 15 is 0 Å². The third kappa shape index (κ3) is 4.43. The Balaban J connectivity index is 1.31. The number of piperidine rings is 1. The second-order valence-electron chi connectivity index (χ2n) is 9.46. The summed E-state index contributed by atoms with van der Waals surface area (Å²) in [5.74, 6) is -0.733. The van der Waals surface area contributed by atoms with Gasteiger partial charge >= 0.3 is 5.97 Å². The smallest absolute Gasteiger partial charge is 0.314 e. The fourth-order valence-corrected chi connectivity index (χ4v) is 5.71. The van der Waals surface area contributed by atoms with E-state index in [1.54, 1.807) is 12.1 Å². The Labute approximate surface area is 206 Å². The van der Waals surface area contributed by atoms with Gasteiger partial charge in [0.15, 0.2) is 0 Å². The van der Waals surface area contributed by atoms with E-state index in [2.05, 4.69) is 59.5 Å². The van der Waals surface area contributed by atoms with Crippen molar-refractivity contribution in [2.45, 2.75) is 37.5 Å². The summed E-state index contributed by atoms with van der Waals surface area (Å²) in [6.07, 6.45) is 6.70. The minimum Gasteiger partial charge on any atom is -0.481 e. The van der Waals surface area contributed by atoms with Crippen LogP contribution in [0.3, 0.4) is 0 Å². The van der Waals surface area contributed by atoms with Crippen molar-refractivity contribution in [2.24, 2.45) is 0 Å². The molecule has 5 rings (SSSR count). The number of aryl methyl sites for hydroxylation is 2. The average molecular weight is 472 g/mol. The molecule has 0 atom stereocenters. The minimum atomic E-state index is -0.821. The van der Waals surface area contributed by atoms with E-state index in [-0.39, 0.29) is 0 Å². The maximum Gasteiger partial charge on any atom is 0.314 e. The lowest BCUT2D eigenvalue weighted by Gasteiger charge is -2.39. The number of carboxylic acids is 1. The molecule has 174 valence electrons. The fourth-order valence-electron chi connectivity index (χ4n) is 5.58. The molecular weight excluding hydrogens is 442 g/mol. The lowest BCUT2D eigenvalue weighted by Crippen LogP contribution is -2.47. The van der Waals surface area contributed by atoms with Crippen molar-refractivity contribution in [1.29, 1.82) is 0 Å². The number of benzene rings is 3. The van der Waals surface area contributed by atoms with Crippen molar-refractivity contribution in [3.63, 3.8) is 0 Å². The Morgan fingerprint density at radius 1 is 0.882 bits per heavy atom. The summed E-state index contributed by atoms with van der Waals surface area (Å²) < 4.78 is 0. The van der Waals surface area contributed by atoms with Crippen LogP contribution < -0.4 is 0 Å². The topological polar surface area (TPSA) is 40.5 Å². The fraction of sp³-hybridized carbons (Fsp3) is 0.300. The highest BCUT2D eigenvalue weighted by Crippen LogP contribution is 2.37. The first-order chi connectivity index (χ1) is 16.6. The van der Waals surface area contributed by atoms with E-state index in [1.165, 1.54) is 27.8 Å². The van der Waals surface area contributed by atoms with E-state index in [1.807, 2.05) is 12.1 Å². The van der Waals surface area contributed by atoms with Crippen LogP contribution in [0.5, 0.6) is 0 Å². The highest BCUT2D eigenvalue weighted by Gasteiger charge is 2.42. The van der Waals surface area contributed by atoms with E-state index in [0.29, 0.717) is 17.9 Å². The van der Waals surface area contributed by atoms with Crippen molar-refractivity contribution in [2.75, 3.05) is 19.6 Å². The molecule has 3 aromatic carbocycles. The second kappa shape index (κ2) is 9.77. The molecule has 0 radical (unpaired) electrons. The summed E-state index contributed by atoms with van der Waals surface area (Å²) in [6.45, 7) is 2.50. The van der Waals surface area contributed by atoms with Crippen LogP contribution in [0.25, 0.3) is 5.57 Å². The summed E-state index contributed by atoms with van der Waals surface area (Å²) in [4.78, 5) is 14.7. The molecule has 0 amide bonds. The van der Waals surface area contributed by atoms with Gasteiger partial charge in [0, 0.05) is 11.6 Å². The molecule has 4 heteroatoms. The standard InChI is InChI=1S/C30H30ClNO2/c31-25-15-13-24(14-16-25)30(29(33)34)17-20-32(21-18-30)19-5-10-28-26-8-3-1-6-22(26)11-12-23-7-2-4-9-27(23)28/h1-4,6-10,13-16H,5,11-12,17-21H2,(H,33,34). The molecule has 1 fully saturated rings. The average Bonchev–Trinajstić information content (AvgIpc) is 3.02. The minimum absolute atomic E-state index is 0.617. The molecular formula is C30H30ClNO2. The van der Waals surface area contributed by atoms with Crippen LogP contribution in [0, 0.1) is 0 Å². The quantitative estimate of drug-likeness (QED) is 0.469. The van der Waals surface area contributed by atoms with Crippen LogP contribution in [-0.2, 0) is 23.1 Å². The van der Waals surface area contributed by atoms with Crippen LogP contribution in [0.2, 0.25) is 5.02 Å².